The van der Waals surface area contributed by atoms with Gasteiger partial charge in [-0.25, -0.2) is 4.85 Å². The van der Waals surface area contributed by atoms with Crippen LogP contribution in [-0.4, -0.2) is 10.2 Å². The van der Waals surface area contributed by atoms with Crippen LogP contribution in [0, 0.1) is 13.5 Å². The van der Waals surface area contributed by atoms with Crippen LogP contribution < -0.4 is 5.32 Å². The van der Waals surface area contributed by atoms with Gasteiger partial charge in [0, 0.05) is 22.3 Å². The Morgan fingerprint density at radius 2 is 1.96 bits per heavy atom. The first-order chi connectivity index (χ1) is 12.6. The van der Waals surface area contributed by atoms with E-state index < -0.39 is 0 Å². The van der Waals surface area contributed by atoms with Gasteiger partial charge in [0.2, 0.25) is 0 Å². The van der Waals surface area contributed by atoms with Crippen LogP contribution in [0.3, 0.4) is 0 Å². The second-order valence-corrected chi connectivity index (χ2v) is 6.78. The minimum Gasteiger partial charge on any atom is -0.364 e. The van der Waals surface area contributed by atoms with Crippen molar-refractivity contribution in [2.24, 2.45) is 0 Å². The summed E-state index contributed by atoms with van der Waals surface area (Å²) in [6, 6.07) is 11.7. The number of fused-ring (bicyclic) bond motifs is 1. The Hall–Kier alpha value is -2.64. The number of benzene rings is 2. The zero-order valence-electron chi connectivity index (χ0n) is 15.0. The normalized spacial score (nSPS) is 10.7. The fourth-order valence-corrected chi connectivity index (χ4v) is 3.06. The highest BCUT2D eigenvalue weighted by Gasteiger charge is 2.10. The Labute approximate surface area is 159 Å². The van der Waals surface area contributed by atoms with Crippen molar-refractivity contribution in [3.05, 3.63) is 69.7 Å². The van der Waals surface area contributed by atoms with Gasteiger partial charge in [-0.15, -0.1) is 5.10 Å². The maximum Gasteiger partial charge on any atom is 0.188 e. The fourth-order valence-electron chi connectivity index (χ4n) is 2.86. The maximum atomic E-state index is 7.29. The lowest BCUT2D eigenvalue weighted by Crippen LogP contribution is -2.05. The van der Waals surface area contributed by atoms with Crippen molar-refractivity contribution >= 4 is 33.9 Å². The van der Waals surface area contributed by atoms with E-state index in [9.17, 15) is 0 Å². The summed E-state index contributed by atoms with van der Waals surface area (Å²) in [6.07, 6.45) is 3.08. The van der Waals surface area contributed by atoms with Crippen LogP contribution in [-0.2, 0) is 13.0 Å². The molecule has 0 saturated carbocycles. The topological polar surface area (TPSA) is 42.2 Å². The third-order valence-electron chi connectivity index (χ3n) is 4.43. The highest BCUT2D eigenvalue weighted by atomic mass is 35.5. The van der Waals surface area contributed by atoms with Crippen LogP contribution in [0.2, 0.25) is 5.02 Å². The number of hydrogen-bond acceptors (Lipinski definition) is 3. The second-order valence-electron chi connectivity index (χ2n) is 6.38. The number of anilines is 1. The number of nitrogens with zero attached hydrogens (tertiary/aromatic N) is 3. The molecular formula is C21H21ClN4. The first-order valence-electron chi connectivity index (χ1n) is 8.78. The lowest BCUT2D eigenvalue weighted by molar-refractivity contribution is 0.767. The second kappa shape index (κ2) is 8.16. The summed E-state index contributed by atoms with van der Waals surface area (Å²) in [7, 11) is 0. The van der Waals surface area contributed by atoms with Crippen molar-refractivity contribution in [3.63, 3.8) is 0 Å². The minimum atomic E-state index is 0.598. The summed E-state index contributed by atoms with van der Waals surface area (Å²) in [4.78, 5) is 3.55. The SMILES string of the molecule is [C-]#[N+]c1ccc2c(CCCC)nnc(NCc3ccc(C)c(Cl)c3)c2c1. The molecule has 0 unspecified atom stereocenters. The van der Waals surface area contributed by atoms with Crippen LogP contribution in [0.5, 0.6) is 0 Å². The van der Waals surface area contributed by atoms with E-state index >= 15 is 0 Å². The predicted octanol–water partition coefficient (Wildman–Crippen LogP) is 6.10. The molecule has 132 valence electrons. The number of nitrogens with one attached hydrogen (secondary N) is 1. The van der Waals surface area contributed by atoms with E-state index in [1.165, 1.54) is 0 Å². The number of unbranched alkanes of at least 4 members (excludes halogenated alkanes) is 1. The number of hydrogen-bond donors (Lipinski definition) is 1. The summed E-state index contributed by atoms with van der Waals surface area (Å²) in [5, 5.41) is 14.9. The van der Waals surface area contributed by atoms with Crippen LogP contribution in [0.4, 0.5) is 11.5 Å². The Morgan fingerprint density at radius 3 is 2.69 bits per heavy atom. The van der Waals surface area contributed by atoms with Gasteiger partial charge in [-0.3, -0.25) is 0 Å². The van der Waals surface area contributed by atoms with Crippen molar-refractivity contribution in [1.29, 1.82) is 0 Å². The van der Waals surface area contributed by atoms with E-state index in [1.54, 1.807) is 0 Å². The Bertz CT molecular complexity index is 976. The largest absolute Gasteiger partial charge is 0.364 e. The average Bonchev–Trinajstić information content (AvgIpc) is 2.67. The minimum absolute atomic E-state index is 0.598. The van der Waals surface area contributed by atoms with Crippen molar-refractivity contribution in [3.8, 4) is 0 Å². The molecule has 3 rings (SSSR count). The van der Waals surface area contributed by atoms with Gasteiger partial charge in [0.15, 0.2) is 11.5 Å². The fraction of sp³-hybridized carbons (Fsp3) is 0.286. The summed E-state index contributed by atoms with van der Waals surface area (Å²) >= 11 is 6.21. The molecule has 3 aromatic rings. The molecule has 0 amide bonds. The van der Waals surface area contributed by atoms with E-state index in [2.05, 4.69) is 27.3 Å². The highest BCUT2D eigenvalue weighted by molar-refractivity contribution is 6.31. The summed E-state index contributed by atoms with van der Waals surface area (Å²) in [6.45, 7) is 12.0. The van der Waals surface area contributed by atoms with E-state index in [0.29, 0.717) is 18.1 Å². The van der Waals surface area contributed by atoms with Crippen molar-refractivity contribution in [2.75, 3.05) is 5.32 Å². The van der Waals surface area contributed by atoms with E-state index in [1.807, 2.05) is 43.3 Å². The lowest BCUT2D eigenvalue weighted by atomic mass is 10.1. The van der Waals surface area contributed by atoms with Crippen LogP contribution in [0.1, 0.15) is 36.6 Å². The Morgan fingerprint density at radius 1 is 1.12 bits per heavy atom. The molecular weight excluding hydrogens is 344 g/mol. The van der Waals surface area contributed by atoms with Gasteiger partial charge in [-0.05, 0) is 43.0 Å². The zero-order valence-corrected chi connectivity index (χ0v) is 15.8. The molecule has 1 N–H and O–H groups in total. The third kappa shape index (κ3) is 3.95. The van der Waals surface area contributed by atoms with Crippen LogP contribution in [0.25, 0.3) is 15.6 Å². The third-order valence-corrected chi connectivity index (χ3v) is 4.84. The molecule has 0 spiro atoms. The number of rotatable bonds is 6. The quantitative estimate of drug-likeness (QED) is 0.537. The molecule has 0 aliphatic carbocycles. The highest BCUT2D eigenvalue weighted by Crippen LogP contribution is 2.29. The van der Waals surface area contributed by atoms with E-state index in [0.717, 1.165) is 51.9 Å². The molecule has 0 radical (unpaired) electrons. The van der Waals surface area contributed by atoms with Gasteiger partial charge in [0.05, 0.1) is 12.3 Å². The molecule has 0 atom stereocenters. The van der Waals surface area contributed by atoms with Gasteiger partial charge < -0.3 is 5.32 Å². The van der Waals surface area contributed by atoms with Crippen LogP contribution >= 0.6 is 11.6 Å². The van der Waals surface area contributed by atoms with Gasteiger partial charge in [-0.2, -0.15) is 5.10 Å². The van der Waals surface area contributed by atoms with Gasteiger partial charge in [0.25, 0.3) is 0 Å². The Balaban J connectivity index is 1.94. The average molecular weight is 365 g/mol. The first-order valence-corrected chi connectivity index (χ1v) is 9.16. The molecule has 0 saturated heterocycles. The van der Waals surface area contributed by atoms with E-state index in [-0.39, 0.29) is 0 Å². The summed E-state index contributed by atoms with van der Waals surface area (Å²) in [5.41, 5.74) is 3.73. The smallest absolute Gasteiger partial charge is 0.188 e. The summed E-state index contributed by atoms with van der Waals surface area (Å²) in [5.74, 6) is 0.697. The zero-order chi connectivity index (χ0) is 18.5. The molecule has 4 nitrogen and oxygen atoms in total. The molecule has 5 heteroatoms. The van der Waals surface area contributed by atoms with E-state index in [4.69, 9.17) is 18.2 Å². The lowest BCUT2D eigenvalue weighted by Gasteiger charge is -2.12. The molecule has 2 aromatic carbocycles. The summed E-state index contributed by atoms with van der Waals surface area (Å²) < 4.78 is 0. The monoisotopic (exact) mass is 364 g/mol. The number of aryl methyl sites for hydroxylation is 2. The molecule has 0 aliphatic heterocycles. The molecule has 0 bridgehead atoms. The van der Waals surface area contributed by atoms with Crippen molar-refractivity contribution in [2.45, 2.75) is 39.7 Å². The molecule has 0 fully saturated rings. The van der Waals surface area contributed by atoms with Gasteiger partial charge >= 0.3 is 0 Å². The van der Waals surface area contributed by atoms with Crippen molar-refractivity contribution in [1.82, 2.24) is 10.2 Å². The standard InChI is InChI=1S/C21H21ClN4/c1-4-5-6-20-17-10-9-16(23-3)12-18(17)21(26-25-20)24-13-15-8-7-14(2)19(22)11-15/h7-12H,4-6,13H2,1-2H3,(H,24,26). The molecule has 1 heterocycles. The van der Waals surface area contributed by atoms with Crippen molar-refractivity contribution < 1.29 is 0 Å². The maximum absolute atomic E-state index is 7.29. The molecule has 1 aromatic heterocycles. The Kier molecular flexibility index (Phi) is 5.70. The number of halogens is 1. The van der Waals surface area contributed by atoms with Crippen LogP contribution in [0.15, 0.2) is 36.4 Å². The first kappa shape index (κ1) is 18.2. The predicted molar refractivity (Wildman–Crippen MR) is 108 cm³/mol. The molecule has 0 aliphatic rings. The van der Waals surface area contributed by atoms with Gasteiger partial charge in [-0.1, -0.05) is 49.2 Å². The van der Waals surface area contributed by atoms with Gasteiger partial charge in [0.1, 0.15) is 0 Å². The number of aromatic nitrogens is 2. The molecule has 26 heavy (non-hydrogen) atoms.